The minimum absolute atomic E-state index is 0.0153. The fraction of sp³-hybridized carbons (Fsp3) is 0.409. The minimum atomic E-state index is -0.276. The van der Waals surface area contributed by atoms with Crippen LogP contribution in [-0.4, -0.2) is 47.8 Å². The average molecular weight is 379 g/mol. The second kappa shape index (κ2) is 7.72. The number of carbonyl (C=O) groups is 3. The SMILES string of the molecule is CC1CC(NC(=O)CCCN2C(=O)c3cccc4cccc(c34)C2=O)CCN1. The normalized spacial score (nSPS) is 21.8. The fourth-order valence-corrected chi connectivity index (χ4v) is 4.24. The van der Waals surface area contributed by atoms with Gasteiger partial charge in [0, 0.05) is 41.6 Å². The molecule has 0 aliphatic carbocycles. The van der Waals surface area contributed by atoms with E-state index in [1.165, 1.54) is 4.90 Å². The number of benzene rings is 2. The van der Waals surface area contributed by atoms with Gasteiger partial charge < -0.3 is 10.6 Å². The summed E-state index contributed by atoms with van der Waals surface area (Å²) < 4.78 is 0. The van der Waals surface area contributed by atoms with E-state index in [1.54, 1.807) is 12.1 Å². The molecule has 2 atom stereocenters. The third-order valence-electron chi connectivity index (χ3n) is 5.63. The minimum Gasteiger partial charge on any atom is -0.353 e. The van der Waals surface area contributed by atoms with Crippen molar-refractivity contribution in [3.05, 3.63) is 47.5 Å². The van der Waals surface area contributed by atoms with Crippen LogP contribution in [0.3, 0.4) is 0 Å². The number of nitrogens with zero attached hydrogens (tertiary/aromatic N) is 1. The highest BCUT2D eigenvalue weighted by Gasteiger charge is 2.32. The Morgan fingerprint density at radius 2 is 1.82 bits per heavy atom. The molecular weight excluding hydrogens is 354 g/mol. The van der Waals surface area contributed by atoms with E-state index in [0.29, 0.717) is 30.0 Å². The van der Waals surface area contributed by atoms with Crippen molar-refractivity contribution in [2.24, 2.45) is 0 Å². The van der Waals surface area contributed by atoms with E-state index in [0.717, 1.165) is 30.2 Å². The summed E-state index contributed by atoms with van der Waals surface area (Å²) in [4.78, 5) is 39.2. The quantitative estimate of drug-likeness (QED) is 0.783. The molecule has 0 aromatic heterocycles. The summed E-state index contributed by atoms with van der Waals surface area (Å²) in [5.74, 6) is -0.567. The van der Waals surface area contributed by atoms with Crippen LogP contribution < -0.4 is 10.6 Å². The number of amides is 3. The lowest BCUT2D eigenvalue weighted by Crippen LogP contribution is -2.46. The van der Waals surface area contributed by atoms with Crippen molar-refractivity contribution in [1.82, 2.24) is 15.5 Å². The summed E-state index contributed by atoms with van der Waals surface area (Å²) in [6.07, 6.45) is 2.62. The van der Waals surface area contributed by atoms with Gasteiger partial charge in [0.2, 0.25) is 5.91 Å². The van der Waals surface area contributed by atoms with Crippen LogP contribution in [0.1, 0.15) is 53.3 Å². The first-order valence-electron chi connectivity index (χ1n) is 9.95. The molecule has 2 aromatic rings. The second-order valence-corrected chi connectivity index (χ2v) is 7.72. The third kappa shape index (κ3) is 3.52. The molecule has 2 aromatic carbocycles. The van der Waals surface area contributed by atoms with Crippen molar-refractivity contribution in [3.63, 3.8) is 0 Å². The molecule has 2 aliphatic rings. The van der Waals surface area contributed by atoms with Crippen molar-refractivity contribution >= 4 is 28.5 Å². The van der Waals surface area contributed by atoms with Gasteiger partial charge in [-0.25, -0.2) is 0 Å². The molecule has 6 nitrogen and oxygen atoms in total. The first-order valence-corrected chi connectivity index (χ1v) is 9.95. The Morgan fingerprint density at radius 3 is 2.46 bits per heavy atom. The lowest BCUT2D eigenvalue weighted by Gasteiger charge is -2.29. The van der Waals surface area contributed by atoms with Crippen molar-refractivity contribution in [2.75, 3.05) is 13.1 Å². The van der Waals surface area contributed by atoms with Gasteiger partial charge in [-0.05, 0) is 50.2 Å². The summed E-state index contributed by atoms with van der Waals surface area (Å²) in [5.41, 5.74) is 1.11. The van der Waals surface area contributed by atoms with E-state index in [2.05, 4.69) is 17.6 Å². The van der Waals surface area contributed by atoms with E-state index < -0.39 is 0 Å². The van der Waals surface area contributed by atoms with Crippen LogP contribution in [0.5, 0.6) is 0 Å². The van der Waals surface area contributed by atoms with Crippen LogP contribution >= 0.6 is 0 Å². The zero-order chi connectivity index (χ0) is 19.7. The third-order valence-corrected chi connectivity index (χ3v) is 5.63. The summed E-state index contributed by atoms with van der Waals surface area (Å²) in [7, 11) is 0. The lowest BCUT2D eigenvalue weighted by molar-refractivity contribution is -0.122. The van der Waals surface area contributed by atoms with Gasteiger partial charge in [-0.3, -0.25) is 19.3 Å². The molecule has 0 spiro atoms. The topological polar surface area (TPSA) is 78.5 Å². The number of hydrogen-bond donors (Lipinski definition) is 2. The molecule has 1 fully saturated rings. The molecule has 4 rings (SSSR count). The molecule has 0 bridgehead atoms. The van der Waals surface area contributed by atoms with Gasteiger partial charge in [0.15, 0.2) is 0 Å². The summed E-state index contributed by atoms with van der Waals surface area (Å²) >= 11 is 0. The first-order chi connectivity index (χ1) is 13.5. The molecule has 28 heavy (non-hydrogen) atoms. The fourth-order valence-electron chi connectivity index (χ4n) is 4.24. The molecule has 0 radical (unpaired) electrons. The lowest BCUT2D eigenvalue weighted by atomic mass is 9.94. The van der Waals surface area contributed by atoms with E-state index in [1.807, 2.05) is 24.3 Å². The summed E-state index contributed by atoms with van der Waals surface area (Å²) in [6.45, 7) is 3.27. The highest BCUT2D eigenvalue weighted by molar-refractivity contribution is 6.25. The first kappa shape index (κ1) is 18.6. The molecule has 6 heteroatoms. The van der Waals surface area contributed by atoms with Crippen molar-refractivity contribution < 1.29 is 14.4 Å². The highest BCUT2D eigenvalue weighted by atomic mass is 16.2. The average Bonchev–Trinajstić information content (AvgIpc) is 2.68. The molecular formula is C22H25N3O3. The van der Waals surface area contributed by atoms with Gasteiger partial charge in [0.05, 0.1) is 0 Å². The van der Waals surface area contributed by atoms with Crippen LogP contribution in [0.25, 0.3) is 10.8 Å². The van der Waals surface area contributed by atoms with Crippen molar-refractivity contribution in [3.8, 4) is 0 Å². The van der Waals surface area contributed by atoms with Crippen LogP contribution in [0.15, 0.2) is 36.4 Å². The Morgan fingerprint density at radius 1 is 1.14 bits per heavy atom. The van der Waals surface area contributed by atoms with Crippen LogP contribution in [0.2, 0.25) is 0 Å². The van der Waals surface area contributed by atoms with Crippen LogP contribution in [-0.2, 0) is 4.79 Å². The Hall–Kier alpha value is -2.73. The molecule has 3 amide bonds. The molecule has 1 saturated heterocycles. The van der Waals surface area contributed by atoms with Gasteiger partial charge in [0.25, 0.3) is 11.8 Å². The predicted octanol–water partition coefficient (Wildman–Crippen LogP) is 2.47. The van der Waals surface area contributed by atoms with Gasteiger partial charge in [-0.15, -0.1) is 0 Å². The predicted molar refractivity (Wildman–Crippen MR) is 107 cm³/mol. The maximum atomic E-state index is 12.8. The number of nitrogens with one attached hydrogen (secondary N) is 2. The van der Waals surface area contributed by atoms with Gasteiger partial charge in [-0.1, -0.05) is 24.3 Å². The Balaban J connectivity index is 1.39. The molecule has 2 unspecified atom stereocenters. The molecule has 0 saturated carbocycles. The molecule has 2 aliphatic heterocycles. The number of imide groups is 1. The Bertz CT molecular complexity index is 889. The van der Waals surface area contributed by atoms with E-state index >= 15 is 0 Å². The van der Waals surface area contributed by atoms with Gasteiger partial charge >= 0.3 is 0 Å². The van der Waals surface area contributed by atoms with E-state index in [4.69, 9.17) is 0 Å². The second-order valence-electron chi connectivity index (χ2n) is 7.72. The summed E-state index contributed by atoms with van der Waals surface area (Å²) in [6, 6.07) is 11.6. The van der Waals surface area contributed by atoms with E-state index in [-0.39, 0.29) is 30.3 Å². The number of carbonyl (C=O) groups excluding carboxylic acids is 3. The van der Waals surface area contributed by atoms with Crippen molar-refractivity contribution in [2.45, 2.75) is 44.7 Å². The Labute approximate surface area is 164 Å². The standard InChI is InChI=1S/C22H25N3O3/c1-14-13-16(10-11-23-14)24-19(26)9-4-12-25-21(27)17-7-2-5-15-6-3-8-18(20(15)17)22(25)28/h2-3,5-8,14,16,23H,4,9-13H2,1H3,(H,24,26). The largest absolute Gasteiger partial charge is 0.353 e. The monoisotopic (exact) mass is 379 g/mol. The zero-order valence-electron chi connectivity index (χ0n) is 16.0. The maximum absolute atomic E-state index is 12.8. The van der Waals surface area contributed by atoms with Gasteiger partial charge in [0.1, 0.15) is 0 Å². The molecule has 2 heterocycles. The Kier molecular flexibility index (Phi) is 5.13. The molecule has 146 valence electrons. The van der Waals surface area contributed by atoms with Crippen LogP contribution in [0.4, 0.5) is 0 Å². The van der Waals surface area contributed by atoms with E-state index in [9.17, 15) is 14.4 Å². The van der Waals surface area contributed by atoms with Crippen LogP contribution in [0, 0.1) is 0 Å². The number of hydrogen-bond acceptors (Lipinski definition) is 4. The number of rotatable bonds is 5. The number of piperidine rings is 1. The molecule has 2 N–H and O–H groups in total. The van der Waals surface area contributed by atoms with Gasteiger partial charge in [-0.2, -0.15) is 0 Å². The summed E-state index contributed by atoms with van der Waals surface area (Å²) in [5, 5.41) is 8.06. The maximum Gasteiger partial charge on any atom is 0.261 e. The smallest absolute Gasteiger partial charge is 0.261 e. The zero-order valence-corrected chi connectivity index (χ0v) is 16.0. The highest BCUT2D eigenvalue weighted by Crippen LogP contribution is 2.30. The van der Waals surface area contributed by atoms with Crippen molar-refractivity contribution in [1.29, 1.82) is 0 Å².